The molecule has 2 heterocycles. The second-order valence-corrected chi connectivity index (χ2v) is 9.82. The summed E-state index contributed by atoms with van der Waals surface area (Å²) in [7, 11) is 0. The summed E-state index contributed by atoms with van der Waals surface area (Å²) < 4.78 is 42.1. The second-order valence-electron chi connectivity index (χ2n) is 9.82. The van der Waals surface area contributed by atoms with Gasteiger partial charge in [0.15, 0.2) is 0 Å². The first-order valence-electron chi connectivity index (χ1n) is 12.9. The number of allylic oxidation sites excluding steroid dienone is 1. The molecule has 3 aliphatic rings. The van der Waals surface area contributed by atoms with Crippen molar-refractivity contribution in [3.63, 3.8) is 0 Å². The van der Waals surface area contributed by atoms with Crippen LogP contribution >= 0.6 is 0 Å². The van der Waals surface area contributed by atoms with Crippen LogP contribution in [0.2, 0.25) is 0 Å². The highest BCUT2D eigenvalue weighted by molar-refractivity contribution is 5.75. The fraction of sp³-hybridized carbons (Fsp3) is 0.290. The van der Waals surface area contributed by atoms with Crippen LogP contribution in [0, 0.1) is 10.4 Å². The Kier molecular flexibility index (Phi) is 6.53. The topological polar surface area (TPSA) is 41.9 Å². The molecule has 3 aromatic carbocycles. The molecule has 2 aliphatic heterocycles. The quantitative estimate of drug-likeness (QED) is 0.535. The van der Waals surface area contributed by atoms with Gasteiger partial charge in [-0.3, -0.25) is 4.90 Å². The predicted molar refractivity (Wildman–Crippen MR) is 139 cm³/mol. The molecule has 4 nitrogen and oxygen atoms in total. The Labute approximate surface area is 214 Å². The molecule has 0 bridgehead atoms. The highest BCUT2D eigenvalue weighted by Gasteiger charge is 2.23. The minimum Gasteiger partial charge on any atom is -0.507 e. The molecule has 6 heteroatoms. The largest absolute Gasteiger partial charge is 0.507 e. The van der Waals surface area contributed by atoms with Gasteiger partial charge in [0.2, 0.25) is 0 Å². The van der Waals surface area contributed by atoms with E-state index in [1.165, 1.54) is 19.3 Å². The van der Waals surface area contributed by atoms with Crippen molar-refractivity contribution in [1.29, 1.82) is 0 Å². The summed E-state index contributed by atoms with van der Waals surface area (Å²) >= 11 is 0. The first-order chi connectivity index (χ1) is 18.1. The highest BCUT2D eigenvalue weighted by atomic mass is 19.1. The molecule has 6 rings (SSSR count). The number of phenols is 1. The third kappa shape index (κ3) is 4.67. The Hall–Kier alpha value is -3.48. The van der Waals surface area contributed by atoms with Crippen LogP contribution in [0.3, 0.4) is 0 Å². The molecule has 1 N–H and O–H groups in total. The fourth-order valence-electron chi connectivity index (χ4n) is 5.55. The second kappa shape index (κ2) is 10.1. The number of fused-ring (bicyclic) bond motifs is 4. The lowest BCUT2D eigenvalue weighted by molar-refractivity contribution is 0.0756. The molecule has 1 atom stereocenters. The van der Waals surface area contributed by atoms with Crippen LogP contribution in [0.1, 0.15) is 42.1 Å². The van der Waals surface area contributed by atoms with Crippen LogP contribution in [0.25, 0.3) is 17.7 Å². The number of nitrogens with zero attached hydrogens (tertiary/aromatic N) is 1. The average molecular weight is 502 g/mol. The van der Waals surface area contributed by atoms with Gasteiger partial charge in [0.25, 0.3) is 0 Å². The zero-order valence-electron chi connectivity index (χ0n) is 20.6. The number of phenolic OH excluding ortho intramolecular Hbond substituents is 1. The van der Waals surface area contributed by atoms with Crippen LogP contribution in [0.15, 0.2) is 60.7 Å². The van der Waals surface area contributed by atoms with Gasteiger partial charge in [-0.15, -0.1) is 0 Å². The third-order valence-corrected chi connectivity index (χ3v) is 7.47. The Morgan fingerprint density at radius 2 is 1.73 bits per heavy atom. The lowest BCUT2D eigenvalue weighted by Crippen LogP contribution is -2.33. The first-order valence-corrected chi connectivity index (χ1v) is 12.9. The van der Waals surface area contributed by atoms with Gasteiger partial charge in [-0.25, -0.2) is 8.78 Å². The number of halogens is 2. The fourth-order valence-corrected chi connectivity index (χ4v) is 5.55. The normalized spacial score (nSPS) is 19.1. The first kappa shape index (κ1) is 23.9. The van der Waals surface area contributed by atoms with E-state index in [9.17, 15) is 9.50 Å². The molecule has 0 amide bonds. The molecule has 1 unspecified atom stereocenters. The molecule has 0 radical (unpaired) electrons. The van der Waals surface area contributed by atoms with E-state index in [4.69, 9.17) is 9.47 Å². The predicted octanol–water partition coefficient (Wildman–Crippen LogP) is 5.00. The van der Waals surface area contributed by atoms with Crippen molar-refractivity contribution in [3.05, 3.63) is 98.2 Å². The monoisotopic (exact) mass is 501 g/mol. The maximum absolute atomic E-state index is 15.3. The summed E-state index contributed by atoms with van der Waals surface area (Å²) in [5.74, 6) is -0.676. The Bertz CT molecular complexity index is 1570. The molecular formula is C31H29F2NO3. The van der Waals surface area contributed by atoms with E-state index in [0.29, 0.717) is 22.6 Å². The van der Waals surface area contributed by atoms with Crippen molar-refractivity contribution in [2.24, 2.45) is 0 Å². The van der Waals surface area contributed by atoms with Crippen molar-refractivity contribution in [1.82, 2.24) is 4.90 Å². The van der Waals surface area contributed by atoms with Gasteiger partial charge in [-0.1, -0.05) is 42.8 Å². The van der Waals surface area contributed by atoms with E-state index >= 15 is 4.39 Å². The number of likely N-dealkylation sites (tertiary alicyclic amines) is 1. The number of aromatic hydroxyl groups is 1. The Balaban J connectivity index is 1.30. The molecule has 0 saturated carbocycles. The summed E-state index contributed by atoms with van der Waals surface area (Å²) in [4.78, 5) is 2.44. The smallest absolute Gasteiger partial charge is 0.134 e. The molecule has 37 heavy (non-hydrogen) atoms. The number of benzene rings is 3. The third-order valence-electron chi connectivity index (χ3n) is 7.47. The van der Waals surface area contributed by atoms with Crippen molar-refractivity contribution in [2.45, 2.75) is 32.0 Å². The summed E-state index contributed by atoms with van der Waals surface area (Å²) in [6.45, 7) is 4.03. The van der Waals surface area contributed by atoms with Gasteiger partial charge in [0, 0.05) is 28.6 Å². The van der Waals surface area contributed by atoms with Gasteiger partial charge in [0.1, 0.15) is 35.9 Å². The zero-order valence-corrected chi connectivity index (χ0v) is 20.6. The van der Waals surface area contributed by atoms with Gasteiger partial charge >= 0.3 is 0 Å². The number of hydrogen-bond donors (Lipinski definition) is 1. The molecule has 3 aromatic rings. The number of ether oxygens (including phenoxy) is 2. The number of piperidine rings is 1. The van der Waals surface area contributed by atoms with E-state index < -0.39 is 11.7 Å². The molecule has 1 aliphatic carbocycles. The summed E-state index contributed by atoms with van der Waals surface area (Å²) in [6.07, 6.45) is 6.25. The van der Waals surface area contributed by atoms with Crippen LogP contribution in [0.4, 0.5) is 8.78 Å². The van der Waals surface area contributed by atoms with Crippen LogP contribution in [0.5, 0.6) is 11.5 Å². The van der Waals surface area contributed by atoms with Crippen LogP contribution in [-0.4, -0.2) is 36.2 Å². The summed E-state index contributed by atoms with van der Waals surface area (Å²) in [5, 5.41) is 12.6. The molecular weight excluding hydrogens is 472 g/mol. The van der Waals surface area contributed by atoms with E-state index in [1.54, 1.807) is 30.3 Å². The Morgan fingerprint density at radius 1 is 0.973 bits per heavy atom. The van der Waals surface area contributed by atoms with Gasteiger partial charge in [-0.2, -0.15) is 0 Å². The van der Waals surface area contributed by atoms with E-state index in [2.05, 4.69) is 4.90 Å². The standard InChI is InChI=1S/C31H29F2NO3/c32-26-18-27(33)30-25-19-37-29(17-21(25)16-28(35)31(30)24-7-3-2-6-23(24)26)20-8-10-22(11-9-20)36-15-14-34-12-4-1-5-13-34/h2-3,6-11,16-18,29,35H,1,4-5,12-15,19H2. The minimum absolute atomic E-state index is 0.0891. The summed E-state index contributed by atoms with van der Waals surface area (Å²) in [5.41, 5.74) is 1.71. The SMILES string of the molecule is Oc1cc2c(c3c1=c1ccccc1=C(F)C=C3F)COC(c1ccc(OCCN3CCCCC3)cc1)C=2. The van der Waals surface area contributed by atoms with Crippen molar-refractivity contribution < 1.29 is 23.4 Å². The summed E-state index contributed by atoms with van der Waals surface area (Å²) in [6, 6.07) is 16.1. The lowest BCUT2D eigenvalue weighted by Gasteiger charge is -2.26. The Morgan fingerprint density at radius 3 is 2.51 bits per heavy atom. The zero-order chi connectivity index (χ0) is 25.4. The molecule has 0 spiro atoms. The van der Waals surface area contributed by atoms with E-state index in [-0.39, 0.29) is 34.5 Å². The van der Waals surface area contributed by atoms with Crippen LogP contribution in [-0.2, 0) is 11.3 Å². The maximum atomic E-state index is 15.3. The molecule has 0 aromatic heterocycles. The average Bonchev–Trinajstić information content (AvgIpc) is 3.04. The lowest BCUT2D eigenvalue weighted by atomic mass is 9.95. The number of rotatable bonds is 5. The maximum Gasteiger partial charge on any atom is 0.134 e. The van der Waals surface area contributed by atoms with E-state index in [0.717, 1.165) is 37.0 Å². The van der Waals surface area contributed by atoms with Crippen molar-refractivity contribution >= 4 is 17.7 Å². The van der Waals surface area contributed by atoms with Gasteiger partial charge in [0.05, 0.1) is 6.61 Å². The van der Waals surface area contributed by atoms with Crippen molar-refractivity contribution in [3.8, 4) is 11.5 Å². The van der Waals surface area contributed by atoms with E-state index in [1.807, 2.05) is 30.3 Å². The van der Waals surface area contributed by atoms with Crippen molar-refractivity contribution in [2.75, 3.05) is 26.2 Å². The molecule has 190 valence electrons. The van der Waals surface area contributed by atoms with Crippen LogP contribution < -0.4 is 15.2 Å². The van der Waals surface area contributed by atoms with Gasteiger partial charge in [-0.05, 0) is 71.8 Å². The minimum atomic E-state index is -0.725. The molecule has 1 saturated heterocycles. The van der Waals surface area contributed by atoms with Gasteiger partial charge < -0.3 is 14.6 Å². The molecule has 1 fully saturated rings. The highest BCUT2D eigenvalue weighted by Crippen LogP contribution is 2.33. The number of hydrogen-bond acceptors (Lipinski definition) is 4.